The average Bonchev–Trinajstić information content (AvgIpc) is 3.58. The summed E-state index contributed by atoms with van der Waals surface area (Å²) in [5, 5.41) is 6.55. The molecule has 35 heavy (non-hydrogen) atoms. The number of benzene rings is 1. The van der Waals surface area contributed by atoms with Gasteiger partial charge in [0.15, 0.2) is 0 Å². The van der Waals surface area contributed by atoms with Crippen molar-refractivity contribution >= 4 is 34.1 Å². The summed E-state index contributed by atoms with van der Waals surface area (Å²) in [6.07, 6.45) is 7.06. The predicted molar refractivity (Wildman–Crippen MR) is 136 cm³/mol. The maximum atomic E-state index is 12.7. The zero-order valence-corrected chi connectivity index (χ0v) is 20.3. The molecule has 0 spiro atoms. The van der Waals surface area contributed by atoms with E-state index < -0.39 is 0 Å². The molecular formula is C25H28N6O3S. The Labute approximate surface area is 206 Å². The summed E-state index contributed by atoms with van der Waals surface area (Å²) in [6.45, 7) is 0.396. The van der Waals surface area contributed by atoms with Crippen LogP contribution in [0.3, 0.4) is 0 Å². The summed E-state index contributed by atoms with van der Waals surface area (Å²) in [6, 6.07) is 9.47. The molecule has 3 heterocycles. The van der Waals surface area contributed by atoms with Crippen LogP contribution >= 0.6 is 11.3 Å². The van der Waals surface area contributed by atoms with Gasteiger partial charge in [0.05, 0.1) is 29.2 Å². The Kier molecular flexibility index (Phi) is 8.04. The second-order valence-electron chi connectivity index (χ2n) is 8.33. The molecule has 4 aromatic rings. The van der Waals surface area contributed by atoms with Crippen LogP contribution in [0.15, 0.2) is 53.0 Å². The number of thiazole rings is 1. The second-order valence-corrected chi connectivity index (χ2v) is 9.21. The van der Waals surface area contributed by atoms with E-state index in [9.17, 15) is 14.4 Å². The molecule has 0 radical (unpaired) electrons. The lowest BCUT2D eigenvalue weighted by molar-refractivity contribution is -0.120. The van der Waals surface area contributed by atoms with Crippen LogP contribution in [0.1, 0.15) is 53.5 Å². The summed E-state index contributed by atoms with van der Waals surface area (Å²) in [5.74, 6) is 0.508. The molecule has 0 aliphatic heterocycles. The number of pyridine rings is 1. The van der Waals surface area contributed by atoms with Gasteiger partial charge in [-0.1, -0.05) is 31.0 Å². The number of nitrogens with zero attached hydrogens (tertiary/aromatic N) is 2. The van der Waals surface area contributed by atoms with Crippen molar-refractivity contribution in [2.45, 2.75) is 38.0 Å². The number of fused-ring (bicyclic) bond motifs is 1. The predicted octanol–water partition coefficient (Wildman–Crippen LogP) is 3.58. The van der Waals surface area contributed by atoms with E-state index in [0.29, 0.717) is 34.9 Å². The van der Waals surface area contributed by atoms with Crippen molar-refractivity contribution in [1.82, 2.24) is 30.6 Å². The number of nitrogens with one attached hydrogen (secondary N) is 4. The first-order valence-corrected chi connectivity index (χ1v) is 12.5. The average molecular weight is 493 g/mol. The fourth-order valence-corrected chi connectivity index (χ4v) is 4.51. The van der Waals surface area contributed by atoms with Gasteiger partial charge in [-0.05, 0) is 30.4 Å². The molecular weight excluding hydrogens is 464 g/mol. The Morgan fingerprint density at radius 3 is 2.77 bits per heavy atom. The van der Waals surface area contributed by atoms with Crippen LogP contribution in [0.4, 0.5) is 0 Å². The number of aromatic amines is 2. The van der Waals surface area contributed by atoms with Crippen molar-refractivity contribution in [1.29, 1.82) is 0 Å². The lowest BCUT2D eigenvalue weighted by Gasteiger charge is -2.15. The number of amides is 2. The molecule has 2 amide bonds. The highest BCUT2D eigenvalue weighted by molar-refractivity contribution is 7.11. The van der Waals surface area contributed by atoms with Crippen LogP contribution in [0.2, 0.25) is 0 Å². The molecule has 1 aromatic carbocycles. The van der Waals surface area contributed by atoms with Gasteiger partial charge in [-0.3, -0.25) is 19.4 Å². The minimum absolute atomic E-state index is 0.0367. The molecule has 9 nitrogen and oxygen atoms in total. The van der Waals surface area contributed by atoms with Gasteiger partial charge >= 0.3 is 0 Å². The first kappa shape index (κ1) is 24.3. The first-order chi connectivity index (χ1) is 17.0. The van der Waals surface area contributed by atoms with Crippen molar-refractivity contribution in [2.75, 3.05) is 13.6 Å². The van der Waals surface area contributed by atoms with Gasteiger partial charge in [0.1, 0.15) is 10.7 Å². The standard InChI is InChI=1S/C25H28N6O3S/c1-26-22(32)10-4-2-3-8-17(12-29-25(34)21-14-27-15-35-21)23-28-13-20(30-23)18-11-16-7-5-6-9-19(16)31-24(18)33/h5-7,9,11,13-15,17H,2-4,8,10,12H2,1H3,(H,26,32)(H,28,30)(H,29,34)(H,31,33). The molecule has 4 N–H and O–H groups in total. The van der Waals surface area contributed by atoms with E-state index in [4.69, 9.17) is 0 Å². The molecule has 3 aromatic heterocycles. The van der Waals surface area contributed by atoms with Gasteiger partial charge in [-0.2, -0.15) is 0 Å². The smallest absolute Gasteiger partial charge is 0.263 e. The Bertz CT molecular complexity index is 1340. The van der Waals surface area contributed by atoms with Crippen LogP contribution < -0.4 is 16.2 Å². The Morgan fingerprint density at radius 1 is 1.11 bits per heavy atom. The third-order valence-electron chi connectivity index (χ3n) is 5.93. The molecule has 0 fully saturated rings. The second kappa shape index (κ2) is 11.6. The van der Waals surface area contributed by atoms with E-state index in [1.54, 1.807) is 25.0 Å². The highest BCUT2D eigenvalue weighted by atomic mass is 32.1. The van der Waals surface area contributed by atoms with Crippen LogP contribution in [-0.2, 0) is 4.79 Å². The number of imidazole rings is 1. The lowest BCUT2D eigenvalue weighted by atomic mass is 9.99. The van der Waals surface area contributed by atoms with Gasteiger partial charge < -0.3 is 20.6 Å². The minimum Gasteiger partial charge on any atom is -0.359 e. The van der Waals surface area contributed by atoms with Crippen molar-refractivity contribution in [2.24, 2.45) is 0 Å². The maximum Gasteiger partial charge on any atom is 0.263 e. The number of para-hydroxylation sites is 1. The zero-order chi connectivity index (χ0) is 24.6. The summed E-state index contributed by atoms with van der Waals surface area (Å²) < 4.78 is 0. The van der Waals surface area contributed by atoms with Crippen molar-refractivity contribution in [3.63, 3.8) is 0 Å². The third kappa shape index (κ3) is 6.21. The highest BCUT2D eigenvalue weighted by Gasteiger charge is 2.19. The third-order valence-corrected chi connectivity index (χ3v) is 6.70. The molecule has 0 aliphatic rings. The van der Waals surface area contributed by atoms with E-state index in [2.05, 4.69) is 30.6 Å². The summed E-state index contributed by atoms with van der Waals surface area (Å²) >= 11 is 1.29. The van der Waals surface area contributed by atoms with Gasteiger partial charge in [0.2, 0.25) is 5.91 Å². The lowest BCUT2D eigenvalue weighted by Crippen LogP contribution is -2.28. The largest absolute Gasteiger partial charge is 0.359 e. The van der Waals surface area contributed by atoms with Gasteiger partial charge in [0.25, 0.3) is 11.5 Å². The van der Waals surface area contributed by atoms with Crippen LogP contribution in [-0.4, -0.2) is 45.3 Å². The molecule has 0 bridgehead atoms. The van der Waals surface area contributed by atoms with E-state index in [1.807, 2.05) is 30.3 Å². The van der Waals surface area contributed by atoms with Gasteiger partial charge in [-0.15, -0.1) is 11.3 Å². The quantitative estimate of drug-likeness (QED) is 0.238. The summed E-state index contributed by atoms with van der Waals surface area (Å²) in [4.78, 5) is 51.9. The van der Waals surface area contributed by atoms with Gasteiger partial charge in [0, 0.05) is 31.4 Å². The van der Waals surface area contributed by atoms with E-state index >= 15 is 0 Å². The topological polar surface area (TPSA) is 133 Å². The van der Waals surface area contributed by atoms with Crippen LogP contribution in [0.25, 0.3) is 22.2 Å². The number of rotatable bonds is 11. The number of unbranched alkanes of at least 4 members (excludes halogenated alkanes) is 2. The molecule has 1 atom stereocenters. The normalized spacial score (nSPS) is 11.9. The highest BCUT2D eigenvalue weighted by Crippen LogP contribution is 2.24. The Hall–Kier alpha value is -3.79. The molecule has 182 valence electrons. The fourth-order valence-electron chi connectivity index (χ4n) is 3.97. The minimum atomic E-state index is -0.192. The van der Waals surface area contributed by atoms with Crippen LogP contribution in [0, 0.1) is 0 Å². The number of hydrogen-bond acceptors (Lipinski definition) is 6. The van der Waals surface area contributed by atoms with E-state index in [1.165, 1.54) is 11.3 Å². The van der Waals surface area contributed by atoms with Crippen LogP contribution in [0.5, 0.6) is 0 Å². The van der Waals surface area contributed by atoms with Crippen molar-refractivity contribution < 1.29 is 9.59 Å². The molecule has 1 unspecified atom stereocenters. The Morgan fingerprint density at radius 2 is 1.97 bits per heavy atom. The van der Waals surface area contributed by atoms with Gasteiger partial charge in [-0.25, -0.2) is 4.98 Å². The number of H-pyrrole nitrogens is 2. The van der Waals surface area contributed by atoms with E-state index in [-0.39, 0.29) is 23.3 Å². The molecule has 4 rings (SSSR count). The molecule has 0 saturated carbocycles. The Balaban J connectivity index is 1.49. The van der Waals surface area contributed by atoms with Crippen molar-refractivity contribution in [3.8, 4) is 11.3 Å². The van der Waals surface area contributed by atoms with Crippen molar-refractivity contribution in [3.05, 3.63) is 69.3 Å². The number of aromatic nitrogens is 4. The maximum absolute atomic E-state index is 12.7. The molecule has 0 aliphatic carbocycles. The molecule has 10 heteroatoms. The summed E-state index contributed by atoms with van der Waals surface area (Å²) in [7, 11) is 1.64. The summed E-state index contributed by atoms with van der Waals surface area (Å²) in [5.41, 5.74) is 3.36. The SMILES string of the molecule is CNC(=O)CCCCCC(CNC(=O)c1cncs1)c1ncc(-c2cc3ccccc3[nH]c2=O)[nH]1. The molecule has 0 saturated heterocycles. The number of hydrogen-bond donors (Lipinski definition) is 4. The number of carbonyl (C=O) groups excluding carboxylic acids is 2. The van der Waals surface area contributed by atoms with E-state index in [0.717, 1.165) is 36.6 Å². The fraction of sp³-hybridized carbons (Fsp3) is 0.320. The first-order valence-electron chi connectivity index (χ1n) is 11.6. The monoisotopic (exact) mass is 492 g/mol. The number of carbonyl (C=O) groups is 2. The zero-order valence-electron chi connectivity index (χ0n) is 19.5.